The summed E-state index contributed by atoms with van der Waals surface area (Å²) in [4.78, 5) is 20.8. The van der Waals surface area contributed by atoms with Crippen molar-refractivity contribution in [1.82, 2.24) is 9.97 Å². The van der Waals surface area contributed by atoms with Gasteiger partial charge < -0.3 is 26.5 Å². The number of hydrogen-bond acceptors (Lipinski definition) is 7. The van der Waals surface area contributed by atoms with Crippen LogP contribution in [0.1, 0.15) is 36.0 Å². The number of rotatable bonds is 5. The van der Waals surface area contributed by atoms with Crippen LogP contribution in [0.3, 0.4) is 0 Å². The summed E-state index contributed by atoms with van der Waals surface area (Å²) in [5, 5.41) is 8.54. The van der Waals surface area contributed by atoms with Gasteiger partial charge in [0.15, 0.2) is 5.58 Å². The minimum atomic E-state index is -0.611. The van der Waals surface area contributed by atoms with Crippen LogP contribution in [-0.4, -0.2) is 28.0 Å². The lowest BCUT2D eigenvalue weighted by Gasteiger charge is -2.29. The van der Waals surface area contributed by atoms with Crippen molar-refractivity contribution in [3.8, 4) is 0 Å². The summed E-state index contributed by atoms with van der Waals surface area (Å²) in [5.41, 5.74) is 14.2. The van der Waals surface area contributed by atoms with Gasteiger partial charge in [0.2, 0.25) is 5.95 Å². The maximum atomic E-state index is 12.0. The second-order valence-electron chi connectivity index (χ2n) is 7.92. The summed E-state index contributed by atoms with van der Waals surface area (Å²) < 4.78 is 6.07. The highest BCUT2D eigenvalue weighted by Crippen LogP contribution is 2.34. The fraction of sp³-hybridized carbons (Fsp3) is 0.261. The third kappa shape index (κ3) is 3.66. The number of nitrogens with zero attached hydrogens (tertiary/aromatic N) is 2. The Hall–Kier alpha value is -3.65. The zero-order valence-corrected chi connectivity index (χ0v) is 17.0. The second-order valence-corrected chi connectivity index (χ2v) is 7.92. The van der Waals surface area contributed by atoms with Crippen LogP contribution < -0.4 is 22.1 Å². The smallest absolute Gasteiger partial charge is 0.254 e. The molecule has 8 heteroatoms. The number of benzene rings is 2. The first kappa shape index (κ1) is 19.3. The van der Waals surface area contributed by atoms with Crippen molar-refractivity contribution in [1.29, 1.82) is 0 Å². The Bertz CT molecular complexity index is 1270. The van der Waals surface area contributed by atoms with Crippen LogP contribution in [0.15, 0.2) is 53.1 Å². The molecule has 0 radical (unpaired) electrons. The molecule has 2 unspecified atom stereocenters. The quantitative estimate of drug-likeness (QED) is 0.388. The summed E-state index contributed by atoms with van der Waals surface area (Å²) >= 11 is 0. The highest BCUT2D eigenvalue weighted by atomic mass is 16.3. The zero-order chi connectivity index (χ0) is 21.4. The van der Waals surface area contributed by atoms with E-state index in [-0.39, 0.29) is 17.6 Å². The summed E-state index contributed by atoms with van der Waals surface area (Å²) in [7, 11) is 0. The van der Waals surface area contributed by atoms with Gasteiger partial charge >= 0.3 is 0 Å². The first-order chi connectivity index (χ1) is 15.1. The number of hydrogen-bond donors (Lipinski definition) is 4. The Labute approximate surface area is 179 Å². The van der Waals surface area contributed by atoms with Gasteiger partial charge in [0.05, 0.1) is 5.69 Å². The first-order valence-corrected chi connectivity index (χ1v) is 10.5. The Morgan fingerprint density at radius 1 is 1.06 bits per heavy atom. The third-order valence-electron chi connectivity index (χ3n) is 5.85. The molecule has 2 aromatic carbocycles. The number of fused-ring (bicyclic) bond motifs is 3. The number of aromatic nitrogens is 2. The molecule has 1 amide bonds. The summed E-state index contributed by atoms with van der Waals surface area (Å²) in [6, 6.07) is 13.8. The van der Waals surface area contributed by atoms with Gasteiger partial charge in [-0.2, -0.15) is 4.98 Å². The number of carbonyl (C=O) groups is 1. The van der Waals surface area contributed by atoms with Crippen LogP contribution in [0.25, 0.3) is 21.9 Å². The predicted molar refractivity (Wildman–Crippen MR) is 121 cm³/mol. The van der Waals surface area contributed by atoms with Gasteiger partial charge in [-0.1, -0.05) is 43.2 Å². The minimum Gasteiger partial charge on any atom is -0.454 e. The molecule has 4 aromatic rings. The number of amides is 1. The van der Waals surface area contributed by atoms with Crippen molar-refractivity contribution in [2.45, 2.75) is 37.8 Å². The highest BCUT2D eigenvalue weighted by molar-refractivity contribution is 6.09. The number of para-hydroxylation sites is 2. The SMILES string of the molecule is NC(=O)c1cnc(NC2CCCCC2N)nc1Nc1cccc2c1oc1ccccc12. The Kier molecular flexibility index (Phi) is 4.91. The Morgan fingerprint density at radius 2 is 1.87 bits per heavy atom. The highest BCUT2D eigenvalue weighted by Gasteiger charge is 2.23. The molecule has 6 N–H and O–H groups in total. The lowest BCUT2D eigenvalue weighted by Crippen LogP contribution is -2.43. The molecule has 1 fully saturated rings. The maximum Gasteiger partial charge on any atom is 0.254 e. The van der Waals surface area contributed by atoms with E-state index >= 15 is 0 Å². The standard InChI is InChI=1S/C23H24N6O2/c24-16-8-2-3-9-17(16)28-23-26-12-15(21(25)30)22(29-23)27-18-10-5-7-14-13-6-1-4-11-19(13)31-20(14)18/h1,4-7,10-12,16-17H,2-3,8-9,24H2,(H2,25,30)(H2,26,27,28,29). The normalized spacial score (nSPS) is 18.9. The van der Waals surface area contributed by atoms with Crippen LogP contribution in [0.2, 0.25) is 0 Å². The third-order valence-corrected chi connectivity index (χ3v) is 5.85. The van der Waals surface area contributed by atoms with E-state index in [9.17, 15) is 4.79 Å². The number of primary amides is 1. The Balaban J connectivity index is 1.52. The summed E-state index contributed by atoms with van der Waals surface area (Å²) in [5.74, 6) is 0.120. The molecule has 2 heterocycles. The largest absolute Gasteiger partial charge is 0.454 e. The van der Waals surface area contributed by atoms with E-state index in [0.29, 0.717) is 23.0 Å². The van der Waals surface area contributed by atoms with Crippen LogP contribution in [-0.2, 0) is 0 Å². The molecule has 1 saturated carbocycles. The van der Waals surface area contributed by atoms with E-state index < -0.39 is 5.91 Å². The van der Waals surface area contributed by atoms with Crippen molar-refractivity contribution in [3.05, 3.63) is 54.2 Å². The minimum absolute atomic E-state index is 0.0499. The molecule has 8 nitrogen and oxygen atoms in total. The van der Waals surface area contributed by atoms with Gasteiger partial charge in [-0.3, -0.25) is 4.79 Å². The van der Waals surface area contributed by atoms with Gasteiger partial charge in [0, 0.05) is 29.1 Å². The molecule has 2 aromatic heterocycles. The van der Waals surface area contributed by atoms with Gasteiger partial charge in [-0.15, -0.1) is 0 Å². The van der Waals surface area contributed by atoms with E-state index in [1.54, 1.807) is 0 Å². The molecule has 1 aliphatic rings. The maximum absolute atomic E-state index is 12.0. The van der Waals surface area contributed by atoms with E-state index in [4.69, 9.17) is 15.9 Å². The summed E-state index contributed by atoms with van der Waals surface area (Å²) in [6.07, 6.45) is 5.62. The lowest BCUT2D eigenvalue weighted by atomic mass is 9.91. The van der Waals surface area contributed by atoms with Gasteiger partial charge in [0.25, 0.3) is 5.91 Å². The van der Waals surface area contributed by atoms with E-state index in [1.165, 1.54) is 6.20 Å². The average Bonchev–Trinajstić information content (AvgIpc) is 3.15. The second kappa shape index (κ2) is 7.88. The molecule has 0 saturated heterocycles. The van der Waals surface area contributed by atoms with Crippen molar-refractivity contribution in [3.63, 3.8) is 0 Å². The van der Waals surface area contributed by atoms with Crippen LogP contribution >= 0.6 is 0 Å². The van der Waals surface area contributed by atoms with Crippen molar-refractivity contribution in [2.24, 2.45) is 11.5 Å². The predicted octanol–water partition coefficient (Wildman–Crippen LogP) is 3.90. The van der Waals surface area contributed by atoms with Crippen LogP contribution in [0.5, 0.6) is 0 Å². The molecule has 2 atom stereocenters. The molecular weight excluding hydrogens is 392 g/mol. The molecule has 1 aliphatic carbocycles. The van der Waals surface area contributed by atoms with Gasteiger partial charge in [0.1, 0.15) is 17.0 Å². The van der Waals surface area contributed by atoms with E-state index in [0.717, 1.165) is 42.0 Å². The first-order valence-electron chi connectivity index (χ1n) is 10.5. The Morgan fingerprint density at radius 3 is 2.71 bits per heavy atom. The molecule has 0 spiro atoms. The monoisotopic (exact) mass is 416 g/mol. The summed E-state index contributed by atoms with van der Waals surface area (Å²) in [6.45, 7) is 0. The van der Waals surface area contributed by atoms with Crippen molar-refractivity contribution >= 4 is 45.3 Å². The molecule has 31 heavy (non-hydrogen) atoms. The molecular formula is C23H24N6O2. The van der Waals surface area contributed by atoms with Crippen LogP contribution in [0.4, 0.5) is 17.5 Å². The fourth-order valence-electron chi connectivity index (χ4n) is 4.20. The molecule has 5 rings (SSSR count). The van der Waals surface area contributed by atoms with Gasteiger partial charge in [-0.05, 0) is 25.0 Å². The zero-order valence-electron chi connectivity index (χ0n) is 17.0. The molecule has 158 valence electrons. The number of carbonyl (C=O) groups excluding carboxylic acids is 1. The molecule has 0 bridgehead atoms. The van der Waals surface area contributed by atoms with Crippen LogP contribution in [0, 0.1) is 0 Å². The number of nitrogens with one attached hydrogen (secondary N) is 2. The fourth-order valence-corrected chi connectivity index (χ4v) is 4.20. The number of nitrogens with two attached hydrogens (primary N) is 2. The van der Waals surface area contributed by atoms with Gasteiger partial charge in [-0.25, -0.2) is 4.98 Å². The number of furan rings is 1. The van der Waals surface area contributed by atoms with Crippen molar-refractivity contribution < 1.29 is 9.21 Å². The molecule has 0 aliphatic heterocycles. The van der Waals surface area contributed by atoms with Crippen molar-refractivity contribution in [2.75, 3.05) is 10.6 Å². The lowest BCUT2D eigenvalue weighted by molar-refractivity contribution is 0.100. The number of anilines is 3. The average molecular weight is 416 g/mol. The van der Waals surface area contributed by atoms with E-state index in [1.807, 2.05) is 42.5 Å². The van der Waals surface area contributed by atoms with E-state index in [2.05, 4.69) is 20.6 Å². The topological polar surface area (TPSA) is 132 Å².